The molecule has 1 amide bonds. The van der Waals surface area contributed by atoms with Gasteiger partial charge in [0.2, 0.25) is 0 Å². The van der Waals surface area contributed by atoms with Gasteiger partial charge in [0.15, 0.2) is 18.1 Å². The van der Waals surface area contributed by atoms with Gasteiger partial charge in [0.25, 0.3) is 5.91 Å². The molecule has 1 atom stereocenters. The molecular formula is C21H26ClNO4. The standard InChI is InChI=1S/C21H26ClNO4/c1-5-25-18-10-8-16(12-20(18)26-6-2)15(4)23-21(24)13-27-19-11-14(3)7-9-17(19)22/h7-12,15H,5-6,13H2,1-4H3,(H,23,24)/t15-/m1/s1. The van der Waals surface area contributed by atoms with Gasteiger partial charge < -0.3 is 19.5 Å². The molecule has 2 rings (SSSR count). The quantitative estimate of drug-likeness (QED) is 0.673. The van der Waals surface area contributed by atoms with Gasteiger partial charge in [-0.1, -0.05) is 23.7 Å². The summed E-state index contributed by atoms with van der Waals surface area (Å²) in [6.07, 6.45) is 0. The summed E-state index contributed by atoms with van der Waals surface area (Å²) in [6, 6.07) is 10.9. The van der Waals surface area contributed by atoms with Crippen molar-refractivity contribution >= 4 is 17.5 Å². The maximum atomic E-state index is 12.2. The summed E-state index contributed by atoms with van der Waals surface area (Å²) in [5.74, 6) is 1.63. The topological polar surface area (TPSA) is 56.8 Å². The SMILES string of the molecule is CCOc1ccc([C@@H](C)NC(=O)COc2cc(C)ccc2Cl)cc1OCC. The summed E-state index contributed by atoms with van der Waals surface area (Å²) < 4.78 is 16.7. The first-order valence-electron chi connectivity index (χ1n) is 9.02. The summed E-state index contributed by atoms with van der Waals surface area (Å²) in [7, 11) is 0. The van der Waals surface area contributed by atoms with Crippen LogP contribution >= 0.6 is 11.6 Å². The lowest BCUT2D eigenvalue weighted by atomic mass is 10.1. The molecule has 0 heterocycles. The van der Waals surface area contributed by atoms with Gasteiger partial charge >= 0.3 is 0 Å². The third-order valence-electron chi connectivity index (χ3n) is 3.89. The highest BCUT2D eigenvalue weighted by Crippen LogP contribution is 2.31. The van der Waals surface area contributed by atoms with Crippen LogP contribution in [-0.2, 0) is 4.79 Å². The van der Waals surface area contributed by atoms with Crippen LogP contribution in [0.1, 0.15) is 37.9 Å². The Morgan fingerprint density at radius 3 is 2.41 bits per heavy atom. The molecule has 1 N–H and O–H groups in total. The molecule has 0 aliphatic carbocycles. The Kier molecular flexibility index (Phi) is 7.80. The Balaban J connectivity index is 1.99. The predicted octanol–water partition coefficient (Wildman–Crippen LogP) is 4.70. The van der Waals surface area contributed by atoms with E-state index in [1.54, 1.807) is 12.1 Å². The van der Waals surface area contributed by atoms with E-state index in [1.165, 1.54) is 0 Å². The number of rotatable bonds is 9. The highest BCUT2D eigenvalue weighted by molar-refractivity contribution is 6.32. The van der Waals surface area contributed by atoms with Crippen LogP contribution in [0.4, 0.5) is 0 Å². The van der Waals surface area contributed by atoms with Crippen LogP contribution in [0.3, 0.4) is 0 Å². The van der Waals surface area contributed by atoms with Crippen LogP contribution < -0.4 is 19.5 Å². The Morgan fingerprint density at radius 2 is 1.70 bits per heavy atom. The van der Waals surface area contributed by atoms with E-state index in [9.17, 15) is 4.79 Å². The smallest absolute Gasteiger partial charge is 0.258 e. The molecule has 146 valence electrons. The second kappa shape index (κ2) is 10.1. The monoisotopic (exact) mass is 391 g/mol. The lowest BCUT2D eigenvalue weighted by Gasteiger charge is -2.18. The van der Waals surface area contributed by atoms with Crippen LogP contribution in [0, 0.1) is 6.92 Å². The number of amides is 1. The van der Waals surface area contributed by atoms with Crippen LogP contribution in [0.2, 0.25) is 5.02 Å². The molecule has 0 fully saturated rings. The van der Waals surface area contributed by atoms with E-state index >= 15 is 0 Å². The van der Waals surface area contributed by atoms with Gasteiger partial charge in [-0.25, -0.2) is 0 Å². The number of carbonyl (C=O) groups is 1. The molecule has 27 heavy (non-hydrogen) atoms. The lowest BCUT2D eigenvalue weighted by Crippen LogP contribution is -2.31. The van der Waals surface area contributed by atoms with Gasteiger partial charge in [0.1, 0.15) is 5.75 Å². The van der Waals surface area contributed by atoms with Gasteiger partial charge in [-0.15, -0.1) is 0 Å². The molecule has 2 aromatic carbocycles. The Hall–Kier alpha value is -2.40. The van der Waals surface area contributed by atoms with Crippen molar-refractivity contribution in [3.8, 4) is 17.2 Å². The molecule has 0 unspecified atom stereocenters. The average Bonchev–Trinajstić information content (AvgIpc) is 2.64. The molecule has 0 bridgehead atoms. The normalized spacial score (nSPS) is 11.6. The van der Waals surface area contributed by atoms with Gasteiger partial charge in [0.05, 0.1) is 24.3 Å². The van der Waals surface area contributed by atoms with E-state index in [4.69, 9.17) is 25.8 Å². The third kappa shape index (κ3) is 6.07. The Labute approximate surface area is 165 Å². The van der Waals surface area contributed by atoms with Crippen molar-refractivity contribution in [1.29, 1.82) is 0 Å². The van der Waals surface area contributed by atoms with E-state index in [0.717, 1.165) is 11.1 Å². The number of hydrogen-bond acceptors (Lipinski definition) is 4. The number of ether oxygens (including phenoxy) is 3. The fourth-order valence-electron chi connectivity index (χ4n) is 2.57. The van der Waals surface area contributed by atoms with Gasteiger partial charge in [-0.05, 0) is 63.1 Å². The second-order valence-electron chi connectivity index (χ2n) is 6.08. The summed E-state index contributed by atoms with van der Waals surface area (Å²) in [4.78, 5) is 12.2. The minimum absolute atomic E-state index is 0.108. The lowest BCUT2D eigenvalue weighted by molar-refractivity contribution is -0.123. The fraction of sp³-hybridized carbons (Fsp3) is 0.381. The number of aryl methyl sites for hydroxylation is 1. The fourth-order valence-corrected chi connectivity index (χ4v) is 2.74. The first-order chi connectivity index (χ1) is 12.9. The van der Waals surface area contributed by atoms with Crippen molar-refractivity contribution in [1.82, 2.24) is 5.32 Å². The van der Waals surface area contributed by atoms with Gasteiger partial charge in [-0.3, -0.25) is 4.79 Å². The molecule has 6 heteroatoms. The van der Waals surface area contributed by atoms with Crippen molar-refractivity contribution in [2.45, 2.75) is 33.7 Å². The number of halogens is 1. The first-order valence-corrected chi connectivity index (χ1v) is 9.40. The molecule has 0 saturated carbocycles. The van der Waals surface area contributed by atoms with Crippen molar-refractivity contribution in [3.63, 3.8) is 0 Å². The minimum Gasteiger partial charge on any atom is -0.490 e. The summed E-state index contributed by atoms with van der Waals surface area (Å²) in [6.45, 7) is 8.67. The van der Waals surface area contributed by atoms with Crippen molar-refractivity contribution in [2.24, 2.45) is 0 Å². The average molecular weight is 392 g/mol. The van der Waals surface area contributed by atoms with Crippen LogP contribution in [0.15, 0.2) is 36.4 Å². The molecule has 0 saturated heterocycles. The van der Waals surface area contributed by atoms with Gasteiger partial charge in [0, 0.05) is 0 Å². The molecule has 0 radical (unpaired) electrons. The number of hydrogen-bond donors (Lipinski definition) is 1. The van der Waals surface area contributed by atoms with Crippen molar-refractivity contribution in [2.75, 3.05) is 19.8 Å². The van der Waals surface area contributed by atoms with E-state index in [2.05, 4.69) is 5.32 Å². The zero-order chi connectivity index (χ0) is 19.8. The van der Waals surface area contributed by atoms with E-state index in [1.807, 2.05) is 52.0 Å². The highest BCUT2D eigenvalue weighted by Gasteiger charge is 2.14. The highest BCUT2D eigenvalue weighted by atomic mass is 35.5. The number of nitrogens with one attached hydrogen (secondary N) is 1. The third-order valence-corrected chi connectivity index (χ3v) is 4.20. The molecular weight excluding hydrogens is 366 g/mol. The molecule has 0 spiro atoms. The Morgan fingerprint density at radius 1 is 1.00 bits per heavy atom. The zero-order valence-electron chi connectivity index (χ0n) is 16.2. The molecule has 5 nitrogen and oxygen atoms in total. The maximum absolute atomic E-state index is 12.2. The second-order valence-corrected chi connectivity index (χ2v) is 6.49. The molecule has 0 aliphatic heterocycles. The largest absolute Gasteiger partial charge is 0.490 e. The molecule has 2 aromatic rings. The summed E-state index contributed by atoms with van der Waals surface area (Å²) in [5.41, 5.74) is 1.94. The summed E-state index contributed by atoms with van der Waals surface area (Å²) in [5, 5.41) is 3.40. The molecule has 0 aromatic heterocycles. The van der Waals surface area contributed by atoms with Crippen LogP contribution in [0.25, 0.3) is 0 Å². The number of benzene rings is 2. The molecule has 0 aliphatic rings. The van der Waals surface area contributed by atoms with Crippen LogP contribution in [-0.4, -0.2) is 25.7 Å². The van der Waals surface area contributed by atoms with E-state index in [0.29, 0.717) is 35.5 Å². The minimum atomic E-state index is -0.230. The first kappa shape index (κ1) is 20.9. The summed E-state index contributed by atoms with van der Waals surface area (Å²) >= 11 is 6.09. The van der Waals surface area contributed by atoms with E-state index in [-0.39, 0.29) is 18.6 Å². The van der Waals surface area contributed by atoms with Crippen LogP contribution in [0.5, 0.6) is 17.2 Å². The van der Waals surface area contributed by atoms with Crippen molar-refractivity contribution < 1.29 is 19.0 Å². The van der Waals surface area contributed by atoms with Crippen molar-refractivity contribution in [3.05, 3.63) is 52.5 Å². The number of carbonyl (C=O) groups excluding carboxylic acids is 1. The Bertz CT molecular complexity index is 779. The van der Waals surface area contributed by atoms with E-state index < -0.39 is 0 Å². The maximum Gasteiger partial charge on any atom is 0.258 e. The van der Waals surface area contributed by atoms with Gasteiger partial charge in [-0.2, -0.15) is 0 Å². The zero-order valence-corrected chi connectivity index (χ0v) is 16.9. The predicted molar refractivity (Wildman–Crippen MR) is 107 cm³/mol.